The zero-order chi connectivity index (χ0) is 15.5. The summed E-state index contributed by atoms with van der Waals surface area (Å²) in [5.74, 6) is 0. The van der Waals surface area contributed by atoms with Crippen molar-refractivity contribution in [3.63, 3.8) is 0 Å². The Balaban J connectivity index is 1.66. The van der Waals surface area contributed by atoms with Gasteiger partial charge in [0.05, 0.1) is 16.3 Å². The number of aromatic nitrogens is 1. The number of rotatable bonds is 5. The third kappa shape index (κ3) is 3.37. The standard InChI is InChI=1S/C17H19N3OS/c1-11(9-15(21)12-5-3-2-4-6-12)19-17-20-14-8-7-13(18)10-16(14)22-17/h2-8,10-11,15,21H,9,18H2,1H3,(H,19,20). The molecule has 0 saturated heterocycles. The van der Waals surface area contributed by atoms with Crippen molar-refractivity contribution in [3.8, 4) is 0 Å². The van der Waals surface area contributed by atoms with Crippen molar-refractivity contribution in [2.24, 2.45) is 0 Å². The number of benzene rings is 2. The summed E-state index contributed by atoms with van der Waals surface area (Å²) in [6.07, 6.45) is 0.149. The van der Waals surface area contributed by atoms with Crippen LogP contribution in [0.3, 0.4) is 0 Å². The molecule has 0 aliphatic rings. The van der Waals surface area contributed by atoms with Crippen LogP contribution in [0.15, 0.2) is 48.5 Å². The summed E-state index contributed by atoms with van der Waals surface area (Å²) in [5.41, 5.74) is 8.42. The molecule has 0 aliphatic heterocycles. The summed E-state index contributed by atoms with van der Waals surface area (Å²) in [5, 5.41) is 14.5. The summed E-state index contributed by atoms with van der Waals surface area (Å²) in [7, 11) is 0. The molecule has 4 nitrogen and oxygen atoms in total. The number of nitrogen functional groups attached to an aromatic ring is 1. The predicted octanol–water partition coefficient (Wildman–Crippen LogP) is 3.80. The molecule has 3 aromatic rings. The lowest BCUT2D eigenvalue weighted by molar-refractivity contribution is 0.162. The Morgan fingerprint density at radius 1 is 1.23 bits per heavy atom. The fourth-order valence-electron chi connectivity index (χ4n) is 2.42. The van der Waals surface area contributed by atoms with Crippen molar-refractivity contribution < 1.29 is 5.11 Å². The molecular formula is C17H19N3OS. The van der Waals surface area contributed by atoms with Crippen molar-refractivity contribution in [3.05, 3.63) is 54.1 Å². The van der Waals surface area contributed by atoms with Gasteiger partial charge in [-0.05, 0) is 37.1 Å². The summed E-state index contributed by atoms with van der Waals surface area (Å²) in [4.78, 5) is 4.54. The van der Waals surface area contributed by atoms with Crippen molar-refractivity contribution in [1.82, 2.24) is 4.98 Å². The number of anilines is 2. The Kier molecular flexibility index (Phi) is 4.27. The van der Waals surface area contributed by atoms with E-state index in [2.05, 4.69) is 10.3 Å². The van der Waals surface area contributed by atoms with E-state index in [-0.39, 0.29) is 6.04 Å². The maximum atomic E-state index is 10.3. The van der Waals surface area contributed by atoms with Crippen LogP contribution in [0.4, 0.5) is 10.8 Å². The first-order valence-electron chi connectivity index (χ1n) is 7.27. The number of hydrogen-bond acceptors (Lipinski definition) is 5. The number of thiazole rings is 1. The topological polar surface area (TPSA) is 71.2 Å². The van der Waals surface area contributed by atoms with Crippen LogP contribution in [0.5, 0.6) is 0 Å². The molecule has 3 rings (SSSR count). The Labute approximate surface area is 133 Å². The molecular weight excluding hydrogens is 294 g/mol. The van der Waals surface area contributed by atoms with Crippen LogP contribution in [-0.2, 0) is 0 Å². The van der Waals surface area contributed by atoms with Gasteiger partial charge < -0.3 is 16.2 Å². The fraction of sp³-hybridized carbons (Fsp3) is 0.235. The van der Waals surface area contributed by atoms with Gasteiger partial charge >= 0.3 is 0 Å². The SMILES string of the molecule is CC(CC(O)c1ccccc1)Nc1nc2ccc(N)cc2s1. The molecule has 0 bridgehead atoms. The van der Waals surface area contributed by atoms with Gasteiger partial charge in [-0.2, -0.15) is 0 Å². The van der Waals surface area contributed by atoms with Crippen molar-refractivity contribution in [2.75, 3.05) is 11.1 Å². The largest absolute Gasteiger partial charge is 0.399 e. The molecule has 2 atom stereocenters. The van der Waals surface area contributed by atoms with Crippen molar-refractivity contribution in [2.45, 2.75) is 25.5 Å². The average molecular weight is 313 g/mol. The van der Waals surface area contributed by atoms with E-state index in [9.17, 15) is 5.11 Å². The zero-order valence-electron chi connectivity index (χ0n) is 12.4. The van der Waals surface area contributed by atoms with E-state index in [0.717, 1.165) is 26.6 Å². The van der Waals surface area contributed by atoms with Gasteiger partial charge in [0, 0.05) is 11.7 Å². The van der Waals surface area contributed by atoms with Gasteiger partial charge in [0.15, 0.2) is 5.13 Å². The Bertz CT molecular complexity index is 757. The number of aliphatic hydroxyl groups is 1. The van der Waals surface area contributed by atoms with Gasteiger partial charge in [0.25, 0.3) is 0 Å². The summed E-state index contributed by atoms with van der Waals surface area (Å²) < 4.78 is 1.07. The van der Waals surface area contributed by atoms with E-state index < -0.39 is 6.10 Å². The van der Waals surface area contributed by atoms with Crippen LogP contribution in [0.1, 0.15) is 25.0 Å². The minimum absolute atomic E-state index is 0.119. The molecule has 0 radical (unpaired) electrons. The van der Waals surface area contributed by atoms with Gasteiger partial charge in [0.2, 0.25) is 0 Å². The lowest BCUT2D eigenvalue weighted by Gasteiger charge is -2.17. The number of nitrogens with zero attached hydrogens (tertiary/aromatic N) is 1. The highest BCUT2D eigenvalue weighted by molar-refractivity contribution is 7.22. The molecule has 5 heteroatoms. The minimum atomic E-state index is -0.478. The first-order chi connectivity index (χ1) is 10.6. The molecule has 2 aromatic carbocycles. The van der Waals surface area contributed by atoms with Crippen LogP contribution < -0.4 is 11.1 Å². The number of nitrogens with one attached hydrogen (secondary N) is 1. The molecule has 4 N–H and O–H groups in total. The maximum absolute atomic E-state index is 10.3. The number of fused-ring (bicyclic) bond motifs is 1. The number of hydrogen-bond donors (Lipinski definition) is 3. The molecule has 22 heavy (non-hydrogen) atoms. The first-order valence-corrected chi connectivity index (χ1v) is 8.09. The van der Waals surface area contributed by atoms with E-state index in [1.54, 1.807) is 11.3 Å². The normalized spacial score (nSPS) is 13.9. The van der Waals surface area contributed by atoms with Crippen LogP contribution in [0, 0.1) is 0 Å². The molecule has 2 unspecified atom stereocenters. The predicted molar refractivity (Wildman–Crippen MR) is 93.1 cm³/mol. The Morgan fingerprint density at radius 2 is 2.00 bits per heavy atom. The zero-order valence-corrected chi connectivity index (χ0v) is 13.2. The third-order valence-electron chi connectivity index (χ3n) is 3.54. The second-order valence-electron chi connectivity index (χ2n) is 5.45. The summed E-state index contributed by atoms with van der Waals surface area (Å²) in [6.45, 7) is 2.05. The second kappa shape index (κ2) is 6.34. The van der Waals surface area contributed by atoms with Crippen LogP contribution in [0.2, 0.25) is 0 Å². The highest BCUT2D eigenvalue weighted by Crippen LogP contribution is 2.29. The molecule has 0 amide bonds. The van der Waals surface area contributed by atoms with Gasteiger partial charge in [-0.1, -0.05) is 41.7 Å². The average Bonchev–Trinajstić information content (AvgIpc) is 2.89. The highest BCUT2D eigenvalue weighted by Gasteiger charge is 2.13. The van der Waals surface area contributed by atoms with Gasteiger partial charge in [-0.15, -0.1) is 0 Å². The lowest BCUT2D eigenvalue weighted by Crippen LogP contribution is -2.18. The number of nitrogens with two attached hydrogens (primary N) is 1. The quantitative estimate of drug-likeness (QED) is 0.627. The smallest absolute Gasteiger partial charge is 0.184 e. The molecule has 0 spiro atoms. The van der Waals surface area contributed by atoms with Gasteiger partial charge in [-0.25, -0.2) is 4.98 Å². The fourth-order valence-corrected chi connectivity index (χ4v) is 3.44. The summed E-state index contributed by atoms with van der Waals surface area (Å²) >= 11 is 1.58. The Hall–Kier alpha value is -2.11. The van der Waals surface area contributed by atoms with E-state index in [4.69, 9.17) is 5.73 Å². The molecule has 1 aromatic heterocycles. The second-order valence-corrected chi connectivity index (χ2v) is 6.48. The molecule has 0 fully saturated rings. The molecule has 0 saturated carbocycles. The molecule has 0 aliphatic carbocycles. The highest BCUT2D eigenvalue weighted by atomic mass is 32.1. The van der Waals surface area contributed by atoms with Gasteiger partial charge in [-0.3, -0.25) is 0 Å². The van der Waals surface area contributed by atoms with E-state index >= 15 is 0 Å². The van der Waals surface area contributed by atoms with Gasteiger partial charge in [0.1, 0.15) is 0 Å². The van der Waals surface area contributed by atoms with E-state index in [1.165, 1.54) is 0 Å². The molecule has 1 heterocycles. The van der Waals surface area contributed by atoms with Crippen LogP contribution in [-0.4, -0.2) is 16.1 Å². The van der Waals surface area contributed by atoms with E-state index in [0.29, 0.717) is 6.42 Å². The first kappa shape index (κ1) is 14.8. The lowest BCUT2D eigenvalue weighted by atomic mass is 10.0. The number of aliphatic hydroxyl groups excluding tert-OH is 1. The monoisotopic (exact) mass is 313 g/mol. The Morgan fingerprint density at radius 3 is 2.77 bits per heavy atom. The van der Waals surface area contributed by atoms with Crippen molar-refractivity contribution in [1.29, 1.82) is 0 Å². The molecule has 114 valence electrons. The summed E-state index contributed by atoms with van der Waals surface area (Å²) in [6, 6.07) is 15.5. The van der Waals surface area contributed by atoms with E-state index in [1.807, 2.05) is 55.5 Å². The minimum Gasteiger partial charge on any atom is -0.399 e. The van der Waals surface area contributed by atoms with Crippen LogP contribution >= 0.6 is 11.3 Å². The third-order valence-corrected chi connectivity index (χ3v) is 4.49. The van der Waals surface area contributed by atoms with Crippen molar-refractivity contribution >= 4 is 32.4 Å². The maximum Gasteiger partial charge on any atom is 0.184 e. The van der Waals surface area contributed by atoms with Crippen LogP contribution in [0.25, 0.3) is 10.2 Å².